The minimum Gasteiger partial charge on any atom is -0.479 e. The molecule has 23 heavy (non-hydrogen) atoms. The van der Waals surface area contributed by atoms with Crippen molar-refractivity contribution in [3.63, 3.8) is 0 Å². The zero-order valence-corrected chi connectivity index (χ0v) is 12.7. The van der Waals surface area contributed by atoms with Gasteiger partial charge in [0, 0.05) is 18.3 Å². The Hall–Kier alpha value is -2.89. The summed E-state index contributed by atoms with van der Waals surface area (Å²) in [6.07, 6.45) is -0.595. The second-order valence-corrected chi connectivity index (χ2v) is 5.30. The Morgan fingerprint density at radius 1 is 1.22 bits per heavy atom. The van der Waals surface area contributed by atoms with E-state index in [1.54, 1.807) is 32.2 Å². The SMILES string of the molecule is CC1Oc2cc(C(=O)Nc3ccc(F)cc3)ccc2N(C)C1=O. The molecule has 1 N–H and O–H groups in total. The molecule has 1 atom stereocenters. The molecule has 2 amide bonds. The topological polar surface area (TPSA) is 58.6 Å². The van der Waals surface area contributed by atoms with Gasteiger partial charge in [-0.3, -0.25) is 9.59 Å². The summed E-state index contributed by atoms with van der Waals surface area (Å²) in [6.45, 7) is 1.66. The Morgan fingerprint density at radius 2 is 1.91 bits per heavy atom. The first-order chi connectivity index (χ1) is 11.0. The summed E-state index contributed by atoms with van der Waals surface area (Å²) in [7, 11) is 1.67. The molecule has 0 fully saturated rings. The molecule has 0 radical (unpaired) electrons. The maximum absolute atomic E-state index is 12.9. The van der Waals surface area contributed by atoms with Gasteiger partial charge < -0.3 is 15.0 Å². The molecule has 0 bridgehead atoms. The van der Waals surface area contributed by atoms with E-state index < -0.39 is 6.10 Å². The third kappa shape index (κ3) is 2.88. The van der Waals surface area contributed by atoms with Crippen LogP contribution in [0.1, 0.15) is 17.3 Å². The summed E-state index contributed by atoms with van der Waals surface area (Å²) in [5.41, 5.74) is 1.50. The fraction of sp³-hybridized carbons (Fsp3) is 0.176. The van der Waals surface area contributed by atoms with E-state index in [0.29, 0.717) is 22.7 Å². The lowest BCUT2D eigenvalue weighted by molar-refractivity contribution is -0.125. The van der Waals surface area contributed by atoms with Crippen molar-refractivity contribution in [1.29, 1.82) is 0 Å². The van der Waals surface area contributed by atoms with Crippen LogP contribution in [-0.4, -0.2) is 25.0 Å². The summed E-state index contributed by atoms with van der Waals surface area (Å²) in [4.78, 5) is 25.6. The van der Waals surface area contributed by atoms with Gasteiger partial charge in [0.05, 0.1) is 5.69 Å². The average Bonchev–Trinajstić information content (AvgIpc) is 2.54. The number of ether oxygens (including phenoxy) is 1. The Bertz CT molecular complexity index is 774. The molecule has 118 valence electrons. The van der Waals surface area contributed by atoms with Crippen molar-refractivity contribution in [2.75, 3.05) is 17.3 Å². The van der Waals surface area contributed by atoms with Crippen LogP contribution in [0.3, 0.4) is 0 Å². The molecule has 6 heteroatoms. The zero-order valence-electron chi connectivity index (χ0n) is 12.7. The van der Waals surface area contributed by atoms with Gasteiger partial charge in [-0.15, -0.1) is 0 Å². The van der Waals surface area contributed by atoms with Crippen LogP contribution in [0.4, 0.5) is 15.8 Å². The number of carbonyl (C=O) groups excluding carboxylic acids is 2. The molecule has 0 aromatic heterocycles. The number of benzene rings is 2. The van der Waals surface area contributed by atoms with E-state index in [1.807, 2.05) is 0 Å². The Kier molecular flexibility index (Phi) is 3.73. The lowest BCUT2D eigenvalue weighted by atomic mass is 10.1. The van der Waals surface area contributed by atoms with Crippen LogP contribution in [-0.2, 0) is 4.79 Å². The molecule has 2 aromatic carbocycles. The molecule has 1 heterocycles. The number of hydrogen-bond acceptors (Lipinski definition) is 3. The van der Waals surface area contributed by atoms with E-state index >= 15 is 0 Å². The average molecular weight is 314 g/mol. The highest BCUT2D eigenvalue weighted by Crippen LogP contribution is 2.34. The van der Waals surface area contributed by atoms with E-state index in [9.17, 15) is 14.0 Å². The van der Waals surface area contributed by atoms with Crippen LogP contribution in [0.2, 0.25) is 0 Å². The second-order valence-electron chi connectivity index (χ2n) is 5.30. The van der Waals surface area contributed by atoms with Gasteiger partial charge in [-0.05, 0) is 49.4 Å². The van der Waals surface area contributed by atoms with Crippen LogP contribution in [0.25, 0.3) is 0 Å². The highest BCUT2D eigenvalue weighted by Gasteiger charge is 2.29. The van der Waals surface area contributed by atoms with Crippen molar-refractivity contribution >= 4 is 23.2 Å². The van der Waals surface area contributed by atoms with E-state index in [2.05, 4.69) is 5.32 Å². The summed E-state index contributed by atoms with van der Waals surface area (Å²) < 4.78 is 18.4. The molecule has 0 saturated carbocycles. The molecule has 2 aromatic rings. The van der Waals surface area contributed by atoms with Crippen molar-refractivity contribution in [3.05, 3.63) is 53.8 Å². The summed E-state index contributed by atoms with van der Waals surface area (Å²) >= 11 is 0. The van der Waals surface area contributed by atoms with Crippen molar-refractivity contribution in [2.24, 2.45) is 0 Å². The predicted octanol–water partition coefficient (Wildman–Crippen LogP) is 2.82. The van der Waals surface area contributed by atoms with Crippen molar-refractivity contribution < 1.29 is 18.7 Å². The molecular weight excluding hydrogens is 299 g/mol. The van der Waals surface area contributed by atoms with Gasteiger partial charge in [0.15, 0.2) is 6.10 Å². The first kappa shape index (κ1) is 15.0. The number of rotatable bonds is 2. The predicted molar refractivity (Wildman–Crippen MR) is 84.3 cm³/mol. The molecule has 0 spiro atoms. The van der Waals surface area contributed by atoms with Gasteiger partial charge in [-0.25, -0.2) is 4.39 Å². The van der Waals surface area contributed by atoms with Crippen LogP contribution in [0.5, 0.6) is 5.75 Å². The summed E-state index contributed by atoms with van der Waals surface area (Å²) in [6, 6.07) is 10.4. The van der Waals surface area contributed by atoms with Gasteiger partial charge in [-0.1, -0.05) is 0 Å². The van der Waals surface area contributed by atoms with E-state index in [0.717, 1.165) is 0 Å². The second kappa shape index (κ2) is 5.72. The van der Waals surface area contributed by atoms with Crippen LogP contribution in [0.15, 0.2) is 42.5 Å². The zero-order chi connectivity index (χ0) is 16.6. The largest absolute Gasteiger partial charge is 0.479 e. The first-order valence-corrected chi connectivity index (χ1v) is 7.11. The molecule has 0 saturated heterocycles. The molecule has 1 unspecified atom stereocenters. The number of carbonyl (C=O) groups is 2. The smallest absolute Gasteiger partial charge is 0.267 e. The van der Waals surface area contributed by atoms with Crippen molar-refractivity contribution in [1.82, 2.24) is 0 Å². The van der Waals surface area contributed by atoms with Crippen LogP contribution in [0, 0.1) is 5.82 Å². The van der Waals surface area contributed by atoms with E-state index in [-0.39, 0.29) is 17.6 Å². The molecule has 1 aliphatic heterocycles. The fourth-order valence-corrected chi connectivity index (χ4v) is 2.40. The van der Waals surface area contributed by atoms with Crippen LogP contribution < -0.4 is 15.0 Å². The number of fused-ring (bicyclic) bond motifs is 1. The number of hydrogen-bond donors (Lipinski definition) is 1. The summed E-state index contributed by atoms with van der Waals surface area (Å²) in [5.74, 6) is -0.366. The first-order valence-electron chi connectivity index (χ1n) is 7.11. The Labute approximate surface area is 132 Å². The molecule has 0 aliphatic carbocycles. The van der Waals surface area contributed by atoms with Gasteiger partial charge in [-0.2, -0.15) is 0 Å². The van der Waals surface area contributed by atoms with Gasteiger partial charge in [0.1, 0.15) is 11.6 Å². The number of nitrogens with zero attached hydrogens (tertiary/aromatic N) is 1. The third-order valence-electron chi connectivity index (χ3n) is 3.67. The number of nitrogens with one attached hydrogen (secondary N) is 1. The van der Waals surface area contributed by atoms with Crippen molar-refractivity contribution in [3.8, 4) is 5.75 Å². The minimum absolute atomic E-state index is 0.138. The number of likely N-dealkylation sites (N-methyl/N-ethyl adjacent to an activating group) is 1. The standard InChI is InChI=1S/C17H15FN2O3/c1-10-17(22)20(2)14-8-3-11(9-15(14)23-10)16(21)19-13-6-4-12(18)5-7-13/h3-10H,1-2H3,(H,19,21). The minimum atomic E-state index is -0.595. The molecule has 3 rings (SSSR count). The van der Waals surface area contributed by atoms with Crippen LogP contribution >= 0.6 is 0 Å². The van der Waals surface area contributed by atoms with Crippen molar-refractivity contribution in [2.45, 2.75) is 13.0 Å². The fourth-order valence-electron chi connectivity index (χ4n) is 2.40. The summed E-state index contributed by atoms with van der Waals surface area (Å²) in [5, 5.41) is 2.68. The highest BCUT2D eigenvalue weighted by molar-refractivity contribution is 6.06. The maximum atomic E-state index is 12.9. The molecule has 5 nitrogen and oxygen atoms in total. The quantitative estimate of drug-likeness (QED) is 0.927. The Morgan fingerprint density at radius 3 is 2.61 bits per heavy atom. The highest BCUT2D eigenvalue weighted by atomic mass is 19.1. The van der Waals surface area contributed by atoms with E-state index in [1.165, 1.54) is 29.2 Å². The number of halogens is 1. The Balaban J connectivity index is 1.84. The number of anilines is 2. The normalized spacial score (nSPS) is 16.6. The monoisotopic (exact) mass is 314 g/mol. The number of amides is 2. The molecule has 1 aliphatic rings. The van der Waals surface area contributed by atoms with E-state index in [4.69, 9.17) is 4.74 Å². The lowest BCUT2D eigenvalue weighted by Gasteiger charge is -2.30. The van der Waals surface area contributed by atoms with Gasteiger partial charge in [0.2, 0.25) is 0 Å². The maximum Gasteiger partial charge on any atom is 0.267 e. The molecular formula is C17H15FN2O3. The van der Waals surface area contributed by atoms with Gasteiger partial charge >= 0.3 is 0 Å². The third-order valence-corrected chi connectivity index (χ3v) is 3.67. The van der Waals surface area contributed by atoms with Gasteiger partial charge in [0.25, 0.3) is 11.8 Å². The lowest BCUT2D eigenvalue weighted by Crippen LogP contribution is -2.42.